The fourth-order valence-electron chi connectivity index (χ4n) is 3.48. The minimum absolute atomic E-state index is 0.163. The standard InChI is InChI=1S/C23H18ClF3N4O2/c1-13-10-15(6-7-16(13)22(32)28-2)30-18-4-3-9-31-19(12-29-21(18)31)14-5-8-20(17(24)11-14)33-23(25,26)27/h3-12,30H,1-2H3,(H,28,32). The molecule has 2 N–H and O–H groups in total. The average Bonchev–Trinajstić information content (AvgIpc) is 3.19. The summed E-state index contributed by atoms with van der Waals surface area (Å²) in [4.78, 5) is 16.4. The summed E-state index contributed by atoms with van der Waals surface area (Å²) in [7, 11) is 1.58. The van der Waals surface area contributed by atoms with Crippen LogP contribution in [0.2, 0.25) is 5.02 Å². The third-order valence-electron chi connectivity index (χ3n) is 4.97. The molecule has 0 unspecified atom stereocenters. The van der Waals surface area contributed by atoms with E-state index in [0.717, 1.165) is 11.3 Å². The zero-order valence-corrected chi connectivity index (χ0v) is 18.3. The number of nitrogens with one attached hydrogen (secondary N) is 2. The van der Waals surface area contributed by atoms with Crippen LogP contribution in [0.5, 0.6) is 5.75 Å². The second-order valence-electron chi connectivity index (χ2n) is 7.19. The second-order valence-corrected chi connectivity index (χ2v) is 7.59. The molecule has 170 valence electrons. The average molecular weight is 475 g/mol. The molecule has 0 aliphatic heterocycles. The van der Waals surface area contributed by atoms with Gasteiger partial charge in [0, 0.05) is 30.1 Å². The summed E-state index contributed by atoms with van der Waals surface area (Å²) in [5.41, 5.74) is 4.69. The van der Waals surface area contributed by atoms with Gasteiger partial charge in [0.15, 0.2) is 5.65 Å². The van der Waals surface area contributed by atoms with E-state index in [2.05, 4.69) is 20.4 Å². The minimum atomic E-state index is -4.83. The normalized spacial score (nSPS) is 11.5. The number of hydrogen-bond donors (Lipinski definition) is 2. The first-order valence-corrected chi connectivity index (χ1v) is 10.2. The number of hydrogen-bond acceptors (Lipinski definition) is 4. The third kappa shape index (κ3) is 4.73. The summed E-state index contributed by atoms with van der Waals surface area (Å²) in [6.45, 7) is 1.85. The van der Waals surface area contributed by atoms with Gasteiger partial charge in [0.05, 0.1) is 22.6 Å². The van der Waals surface area contributed by atoms with Crippen LogP contribution in [0.1, 0.15) is 15.9 Å². The third-order valence-corrected chi connectivity index (χ3v) is 5.26. The molecule has 1 amide bonds. The van der Waals surface area contributed by atoms with Gasteiger partial charge in [0.25, 0.3) is 5.91 Å². The molecule has 33 heavy (non-hydrogen) atoms. The molecule has 2 heterocycles. The van der Waals surface area contributed by atoms with Crippen molar-refractivity contribution in [2.45, 2.75) is 13.3 Å². The molecular weight excluding hydrogens is 457 g/mol. The van der Waals surface area contributed by atoms with Crippen LogP contribution in [0, 0.1) is 6.92 Å². The molecule has 0 fully saturated rings. The van der Waals surface area contributed by atoms with Crippen LogP contribution in [-0.2, 0) is 0 Å². The summed E-state index contributed by atoms with van der Waals surface area (Å²) >= 11 is 6.01. The molecular formula is C23H18ClF3N4O2. The van der Waals surface area contributed by atoms with E-state index in [-0.39, 0.29) is 10.9 Å². The van der Waals surface area contributed by atoms with Gasteiger partial charge in [-0.05, 0) is 61.0 Å². The summed E-state index contributed by atoms with van der Waals surface area (Å²) in [6, 6.07) is 13.1. The molecule has 2 aromatic heterocycles. The van der Waals surface area contributed by atoms with Crippen molar-refractivity contribution in [2.75, 3.05) is 12.4 Å². The molecule has 0 atom stereocenters. The summed E-state index contributed by atoms with van der Waals surface area (Å²) in [5, 5.41) is 5.74. The van der Waals surface area contributed by atoms with E-state index >= 15 is 0 Å². The number of aromatic nitrogens is 2. The van der Waals surface area contributed by atoms with Crippen LogP contribution >= 0.6 is 11.6 Å². The lowest BCUT2D eigenvalue weighted by atomic mass is 10.1. The number of alkyl halides is 3. The molecule has 0 saturated heterocycles. The lowest BCUT2D eigenvalue weighted by molar-refractivity contribution is -0.274. The summed E-state index contributed by atoms with van der Waals surface area (Å²) < 4.78 is 43.3. The minimum Gasteiger partial charge on any atom is -0.404 e. The van der Waals surface area contributed by atoms with Gasteiger partial charge in [-0.3, -0.25) is 9.20 Å². The fraction of sp³-hybridized carbons (Fsp3) is 0.130. The van der Waals surface area contributed by atoms with Crippen molar-refractivity contribution in [3.63, 3.8) is 0 Å². The zero-order chi connectivity index (χ0) is 23.8. The highest BCUT2D eigenvalue weighted by atomic mass is 35.5. The van der Waals surface area contributed by atoms with Crippen LogP contribution in [0.3, 0.4) is 0 Å². The van der Waals surface area contributed by atoms with Gasteiger partial charge >= 0.3 is 6.36 Å². The first-order chi connectivity index (χ1) is 15.7. The van der Waals surface area contributed by atoms with Crippen molar-refractivity contribution in [3.8, 4) is 17.0 Å². The van der Waals surface area contributed by atoms with Crippen LogP contribution in [-0.4, -0.2) is 28.7 Å². The summed E-state index contributed by atoms with van der Waals surface area (Å²) in [5.74, 6) is -0.635. The number of aryl methyl sites for hydroxylation is 1. The highest BCUT2D eigenvalue weighted by Crippen LogP contribution is 2.34. The Bertz CT molecular complexity index is 1350. The largest absolute Gasteiger partial charge is 0.573 e. The predicted octanol–water partition coefficient (Wildman–Crippen LogP) is 5.96. The molecule has 0 radical (unpaired) electrons. The van der Waals surface area contributed by atoms with Crippen molar-refractivity contribution in [3.05, 3.63) is 77.1 Å². The number of amides is 1. The zero-order valence-electron chi connectivity index (χ0n) is 17.5. The van der Waals surface area contributed by atoms with Gasteiger partial charge in [0.2, 0.25) is 0 Å². The van der Waals surface area contributed by atoms with Crippen molar-refractivity contribution in [1.29, 1.82) is 0 Å². The highest BCUT2D eigenvalue weighted by molar-refractivity contribution is 6.32. The number of carbonyl (C=O) groups is 1. The topological polar surface area (TPSA) is 67.7 Å². The van der Waals surface area contributed by atoms with Gasteiger partial charge in [-0.15, -0.1) is 13.2 Å². The maximum Gasteiger partial charge on any atom is 0.573 e. The maximum atomic E-state index is 12.5. The number of benzene rings is 2. The van der Waals surface area contributed by atoms with Gasteiger partial charge in [-0.1, -0.05) is 11.6 Å². The first-order valence-electron chi connectivity index (χ1n) is 9.78. The molecule has 0 spiro atoms. The number of rotatable bonds is 5. The van der Waals surface area contributed by atoms with E-state index in [1.165, 1.54) is 18.2 Å². The molecule has 0 aliphatic rings. The Hall–Kier alpha value is -3.72. The van der Waals surface area contributed by atoms with Crippen LogP contribution < -0.4 is 15.4 Å². The molecule has 4 aromatic rings. The van der Waals surface area contributed by atoms with Gasteiger partial charge in [0.1, 0.15) is 5.75 Å². The van der Waals surface area contributed by atoms with E-state index in [9.17, 15) is 18.0 Å². The lowest BCUT2D eigenvalue weighted by Gasteiger charge is -2.12. The molecule has 6 nitrogen and oxygen atoms in total. The van der Waals surface area contributed by atoms with Crippen LogP contribution in [0.25, 0.3) is 16.9 Å². The quantitative estimate of drug-likeness (QED) is 0.374. The van der Waals surface area contributed by atoms with E-state index in [1.807, 2.05) is 25.1 Å². The number of imidazole rings is 1. The number of carbonyl (C=O) groups excluding carboxylic acids is 1. The Morgan fingerprint density at radius 1 is 1.15 bits per heavy atom. The number of pyridine rings is 1. The van der Waals surface area contributed by atoms with Crippen LogP contribution in [0.4, 0.5) is 24.5 Å². The Kier molecular flexibility index (Phi) is 5.90. The molecule has 0 aliphatic carbocycles. The van der Waals surface area contributed by atoms with Crippen LogP contribution in [0.15, 0.2) is 60.9 Å². The molecule has 0 saturated carbocycles. The number of ether oxygens (including phenoxy) is 1. The van der Waals surface area contributed by atoms with Gasteiger partial charge in [-0.2, -0.15) is 0 Å². The molecule has 4 rings (SSSR count). The molecule has 10 heteroatoms. The SMILES string of the molecule is CNC(=O)c1ccc(Nc2cccn3c(-c4ccc(OC(F)(F)F)c(Cl)c4)cnc23)cc1C. The Morgan fingerprint density at radius 2 is 1.94 bits per heavy atom. The smallest absolute Gasteiger partial charge is 0.404 e. The monoisotopic (exact) mass is 474 g/mol. The Balaban J connectivity index is 1.66. The number of halogens is 4. The second kappa shape index (κ2) is 8.67. The van der Waals surface area contributed by atoms with E-state index in [0.29, 0.717) is 28.2 Å². The van der Waals surface area contributed by atoms with E-state index < -0.39 is 12.1 Å². The van der Waals surface area contributed by atoms with Crippen molar-refractivity contribution >= 4 is 34.5 Å². The highest BCUT2D eigenvalue weighted by Gasteiger charge is 2.32. The Labute approximate surface area is 192 Å². The van der Waals surface area contributed by atoms with E-state index in [4.69, 9.17) is 11.6 Å². The number of fused-ring (bicyclic) bond motifs is 1. The summed E-state index contributed by atoms with van der Waals surface area (Å²) in [6.07, 6.45) is -1.43. The maximum absolute atomic E-state index is 12.5. The van der Waals surface area contributed by atoms with Crippen molar-refractivity contribution in [1.82, 2.24) is 14.7 Å². The lowest BCUT2D eigenvalue weighted by Crippen LogP contribution is -2.18. The first kappa shape index (κ1) is 22.5. The number of anilines is 2. The van der Waals surface area contributed by atoms with E-state index in [1.54, 1.807) is 36.0 Å². The Morgan fingerprint density at radius 3 is 2.61 bits per heavy atom. The fourth-order valence-corrected chi connectivity index (χ4v) is 3.70. The van der Waals surface area contributed by atoms with Gasteiger partial charge < -0.3 is 15.4 Å². The number of nitrogens with zero attached hydrogens (tertiary/aromatic N) is 2. The van der Waals surface area contributed by atoms with Crippen molar-refractivity contribution in [2.24, 2.45) is 0 Å². The molecule has 0 bridgehead atoms. The van der Waals surface area contributed by atoms with Crippen molar-refractivity contribution < 1.29 is 22.7 Å². The molecule has 2 aromatic carbocycles. The predicted molar refractivity (Wildman–Crippen MR) is 120 cm³/mol. The van der Waals surface area contributed by atoms with Gasteiger partial charge in [-0.25, -0.2) is 4.98 Å².